The van der Waals surface area contributed by atoms with E-state index >= 15 is 0 Å². The summed E-state index contributed by atoms with van der Waals surface area (Å²) in [6, 6.07) is 25.1. The minimum Gasteiger partial charge on any atom is -0.508 e. The van der Waals surface area contributed by atoms with E-state index in [1.807, 2.05) is 0 Å². The van der Waals surface area contributed by atoms with Gasteiger partial charge in [0.1, 0.15) is 17.3 Å². The predicted molar refractivity (Wildman–Crippen MR) is 422 cm³/mol. The lowest BCUT2D eigenvalue weighted by Crippen LogP contribution is -2.48. The first-order valence-electron chi connectivity index (χ1n) is 38.8. The number of phenolic OH excluding ortho intramolecular Hbond substituents is 2. The van der Waals surface area contributed by atoms with Crippen LogP contribution in [0.15, 0.2) is 109 Å². The van der Waals surface area contributed by atoms with E-state index in [2.05, 4.69) is 40.4 Å². The number of hydrogen-bond acceptors (Lipinski definition) is 26. The molecule has 0 saturated carbocycles. The summed E-state index contributed by atoms with van der Waals surface area (Å²) < 4.78 is 31.4. The fourth-order valence-corrected chi connectivity index (χ4v) is 11.7. The number of hydrogen-bond donors (Lipinski definition) is 15. The lowest BCUT2D eigenvalue weighted by Gasteiger charge is -2.25. The quantitative estimate of drug-likeness (QED) is 0.0169. The van der Waals surface area contributed by atoms with Crippen LogP contribution in [0.1, 0.15) is 146 Å². The number of carbonyl (C=O) groups is 14. The van der Waals surface area contributed by atoms with Crippen molar-refractivity contribution < 1.29 is 127 Å². The second kappa shape index (κ2) is 62.0. The van der Waals surface area contributed by atoms with Crippen molar-refractivity contribution in [3.63, 3.8) is 0 Å². The monoisotopic (exact) mass is 1650 g/mol. The van der Waals surface area contributed by atoms with E-state index in [0.717, 1.165) is 0 Å². The second-order valence-corrected chi connectivity index (χ2v) is 27.6. The van der Waals surface area contributed by atoms with Crippen LogP contribution in [0.5, 0.6) is 11.5 Å². The second-order valence-electron chi connectivity index (χ2n) is 27.6. The Balaban J connectivity index is 0.000000767. The third kappa shape index (κ3) is 46.9. The molecule has 4 aromatic carbocycles. The van der Waals surface area contributed by atoms with Crippen LogP contribution < -0.4 is 48.5 Å². The number of nitrogens with one attached hydrogen (secondary N) is 9. The largest absolute Gasteiger partial charge is 0.508 e. The zero-order valence-corrected chi connectivity index (χ0v) is 67.6. The molecule has 8 atom stereocenters. The molecule has 117 heavy (non-hydrogen) atoms. The van der Waals surface area contributed by atoms with Gasteiger partial charge in [-0.1, -0.05) is 105 Å². The number of benzene rings is 4. The van der Waals surface area contributed by atoms with Gasteiger partial charge in [0.15, 0.2) is 23.1 Å². The highest BCUT2D eigenvalue weighted by molar-refractivity contribution is 5.98. The molecule has 0 bridgehead atoms. The molecule has 0 aliphatic carbocycles. The fourth-order valence-electron chi connectivity index (χ4n) is 11.7. The summed E-state index contributed by atoms with van der Waals surface area (Å²) in [5.41, 5.74) is 8.65. The first-order chi connectivity index (χ1) is 56.1. The number of ketones is 5. The van der Waals surface area contributed by atoms with Gasteiger partial charge in [-0.2, -0.15) is 0 Å². The summed E-state index contributed by atoms with van der Waals surface area (Å²) in [4.78, 5) is 182. The standard InChI is InChI=1S/C40H56N4O13.C39H55N5O13.C3H8/c1-27(45)23-31(24-29-10-13-32(46)14-11-29)40(52)42-34(25-28-7-4-3-5-8-28)36(48)26-30(12-16-37(49)43-53)39(51)41-33(15-17-38(50)44-54)35(47)9-6-18-56-21-22-57-20-19-55-2;1-26(45)41-33(23-28-8-11-31(46)12-9-28)35(48)25-30(22-27-6-4-3-5-7-27)39(52)42-32(13-15-37(50)44-54)34(47)24-29(10-14-36(49)43-53)38(51)40-16-17-56-20-21-57-19-18-55-2;1-3-2/h3-5,7-8,10-11,13-14,30-31,33-34,46,53-54H,6,9,12,15-26H2,1-2H3,(H,41,51)(H,42,52)(H,43,49)(H,44,50);3-9,11-12,29-30,32-33,46,53-54H,10,13-25H2,1-2H3,(H,40,51)(H,41,45)(H,42,52)(H,43,49)(H,44,50);3H2,1-2H3/t30-,31+,33-,34?;29-,30+,32-,33+;/m11./s1. The van der Waals surface area contributed by atoms with Crippen molar-refractivity contribution in [3.8, 4) is 11.5 Å². The Labute approximate surface area is 681 Å². The van der Waals surface area contributed by atoms with Crippen LogP contribution in [0, 0.1) is 23.7 Å². The van der Waals surface area contributed by atoms with E-state index in [0.29, 0.717) is 61.9 Å². The molecule has 4 aromatic rings. The van der Waals surface area contributed by atoms with Gasteiger partial charge in [-0.3, -0.25) is 83.2 Å². The van der Waals surface area contributed by atoms with Gasteiger partial charge in [-0.25, -0.2) is 21.9 Å². The molecule has 0 aliphatic rings. The topological polar surface area (TPSA) is 524 Å². The number of aromatic hydroxyl groups is 2. The van der Waals surface area contributed by atoms with Crippen LogP contribution in [-0.4, -0.2) is 224 Å². The van der Waals surface area contributed by atoms with Gasteiger partial charge in [0, 0.05) is 116 Å². The summed E-state index contributed by atoms with van der Waals surface area (Å²) in [6.07, 6.45) is -1.94. The Morgan fingerprint density at radius 1 is 0.342 bits per heavy atom. The maximum absolute atomic E-state index is 14.1. The van der Waals surface area contributed by atoms with Crippen LogP contribution in [0.3, 0.4) is 0 Å². The first-order valence-corrected chi connectivity index (χ1v) is 38.8. The fraction of sp³-hybridized carbons (Fsp3) is 0.537. The van der Waals surface area contributed by atoms with Crippen molar-refractivity contribution in [3.05, 3.63) is 131 Å². The third-order valence-electron chi connectivity index (χ3n) is 17.8. The van der Waals surface area contributed by atoms with Gasteiger partial charge in [0.05, 0.1) is 83.6 Å². The number of Topliss-reactive ketones (excluding diaryl/α,β-unsaturated/α-hetero) is 5. The van der Waals surface area contributed by atoms with Crippen LogP contribution >= 0.6 is 0 Å². The molecule has 0 aliphatic heterocycles. The smallest absolute Gasteiger partial charge is 0.243 e. The molecule has 35 heteroatoms. The van der Waals surface area contributed by atoms with E-state index in [-0.39, 0.29) is 147 Å². The SMILES string of the molecule is CCC.COCCOCCOCCCC(=O)[C@@H](CCC(=O)NO)NC(=O)[C@H](CCC(=O)NO)CC(=O)C(Cc1ccccc1)NC(=O)[C@@H](CC(C)=O)Cc1ccc(O)cc1.COCCOCCOCCNC(=O)[C@H](CCC(=O)NO)CC(=O)[C@@H](CCC(=O)NO)NC(=O)[C@H](CC(=O)[C@H](Cc1ccc(O)cc1)NC(C)=O)Cc1ccccc1. The number of rotatable bonds is 59. The highest BCUT2D eigenvalue weighted by Gasteiger charge is 2.36. The van der Waals surface area contributed by atoms with E-state index in [9.17, 15) is 77.3 Å². The molecule has 0 spiro atoms. The molecule has 15 N–H and O–H groups in total. The number of hydroxylamine groups is 4. The molecular weight excluding hydrogens is 1530 g/mol. The normalized spacial score (nSPS) is 12.8. The summed E-state index contributed by atoms with van der Waals surface area (Å²) in [7, 11) is 3.11. The van der Waals surface area contributed by atoms with Gasteiger partial charge in [-0.15, -0.1) is 0 Å². The molecule has 0 saturated heterocycles. The lowest BCUT2D eigenvalue weighted by molar-refractivity contribution is -0.136. The molecule has 0 heterocycles. The summed E-state index contributed by atoms with van der Waals surface area (Å²) in [6.45, 7) is 10.1. The molecule has 0 aromatic heterocycles. The molecule has 35 nitrogen and oxygen atoms in total. The first kappa shape index (κ1) is 103. The number of ether oxygens (including phenoxy) is 6. The summed E-state index contributed by atoms with van der Waals surface area (Å²) in [5, 5.41) is 69.0. The molecular formula is C82H119N9O26. The average molecular weight is 1650 g/mol. The Bertz CT molecular complexity index is 3400. The minimum atomic E-state index is -1.37. The van der Waals surface area contributed by atoms with Crippen molar-refractivity contribution in [2.24, 2.45) is 23.7 Å². The van der Waals surface area contributed by atoms with Crippen molar-refractivity contribution in [2.45, 2.75) is 174 Å². The summed E-state index contributed by atoms with van der Waals surface area (Å²) in [5.74, 6) is -13.0. The van der Waals surface area contributed by atoms with Crippen molar-refractivity contribution in [1.29, 1.82) is 0 Å². The van der Waals surface area contributed by atoms with E-state index < -0.39 is 143 Å². The molecule has 4 rings (SSSR count). The van der Waals surface area contributed by atoms with E-state index in [1.54, 1.807) is 99.1 Å². The van der Waals surface area contributed by atoms with Gasteiger partial charge in [0.25, 0.3) is 0 Å². The zero-order valence-electron chi connectivity index (χ0n) is 67.6. The van der Waals surface area contributed by atoms with Crippen molar-refractivity contribution in [2.75, 3.05) is 86.8 Å². The molecule has 648 valence electrons. The highest BCUT2D eigenvalue weighted by Crippen LogP contribution is 2.24. The number of phenols is 2. The Hall–Kier alpha value is -10.3. The predicted octanol–water partition coefficient (Wildman–Crippen LogP) is 4.02. The number of methoxy groups -OCH3 is 2. The van der Waals surface area contributed by atoms with Crippen LogP contribution in [0.25, 0.3) is 0 Å². The van der Waals surface area contributed by atoms with Crippen LogP contribution in [-0.2, 0) is 121 Å². The molecule has 9 amide bonds. The minimum absolute atomic E-state index is 0.0186. The van der Waals surface area contributed by atoms with Gasteiger partial charge < -0.3 is 70.0 Å². The molecule has 1 unspecified atom stereocenters. The number of amides is 9. The maximum Gasteiger partial charge on any atom is 0.243 e. The van der Waals surface area contributed by atoms with Crippen LogP contribution in [0.4, 0.5) is 0 Å². The van der Waals surface area contributed by atoms with E-state index in [1.165, 1.54) is 66.5 Å². The van der Waals surface area contributed by atoms with Crippen molar-refractivity contribution >= 4 is 82.1 Å². The van der Waals surface area contributed by atoms with Crippen molar-refractivity contribution in [1.82, 2.24) is 48.5 Å². The van der Waals surface area contributed by atoms with Gasteiger partial charge >= 0.3 is 0 Å². The Morgan fingerprint density at radius 3 is 1.09 bits per heavy atom. The number of carbonyl (C=O) groups excluding carboxylic acids is 14. The third-order valence-corrected chi connectivity index (χ3v) is 17.8. The summed E-state index contributed by atoms with van der Waals surface area (Å²) >= 11 is 0. The molecule has 0 radical (unpaired) electrons. The van der Waals surface area contributed by atoms with Gasteiger partial charge in [0.2, 0.25) is 53.2 Å². The van der Waals surface area contributed by atoms with Crippen LogP contribution in [0.2, 0.25) is 0 Å². The maximum atomic E-state index is 14.1. The lowest BCUT2D eigenvalue weighted by atomic mass is 9.88. The molecule has 0 fully saturated rings. The highest BCUT2D eigenvalue weighted by atomic mass is 16.5. The average Bonchev–Trinajstić information content (AvgIpc) is 0.852. The van der Waals surface area contributed by atoms with Gasteiger partial charge in [-0.05, 0) is 111 Å². The Kier molecular flexibility index (Phi) is 54.4. The van der Waals surface area contributed by atoms with E-state index in [4.69, 9.17) is 49.3 Å². The Morgan fingerprint density at radius 2 is 0.667 bits per heavy atom. The zero-order chi connectivity index (χ0) is 86.7.